The molecular weight excluding hydrogens is 348 g/mol. The summed E-state index contributed by atoms with van der Waals surface area (Å²) in [5, 5.41) is 1.49. The zero-order valence-corrected chi connectivity index (χ0v) is 16.4. The van der Waals surface area contributed by atoms with E-state index < -0.39 is 0 Å². The minimum atomic E-state index is -0.228. The van der Waals surface area contributed by atoms with Crippen molar-refractivity contribution in [2.24, 2.45) is 0 Å². The highest BCUT2D eigenvalue weighted by atomic mass is 35.5. The Balaban J connectivity index is 1.75. The van der Waals surface area contributed by atoms with Gasteiger partial charge in [-0.2, -0.15) is 0 Å². The summed E-state index contributed by atoms with van der Waals surface area (Å²) in [5.74, 6) is 0.550. The minimum Gasteiger partial charge on any atom is -0.488 e. The number of ether oxygens (including phenoxy) is 1. The van der Waals surface area contributed by atoms with Crippen molar-refractivity contribution in [2.75, 3.05) is 6.61 Å². The van der Waals surface area contributed by atoms with E-state index in [1.54, 1.807) is 6.07 Å². The lowest BCUT2D eigenvalue weighted by molar-refractivity contribution is 0.361. The van der Waals surface area contributed by atoms with Crippen LogP contribution in [0.15, 0.2) is 44.6 Å². The summed E-state index contributed by atoms with van der Waals surface area (Å²) in [4.78, 5) is 12.1. The van der Waals surface area contributed by atoms with Crippen LogP contribution in [0.1, 0.15) is 51.2 Å². The average molecular weight is 373 g/mol. The van der Waals surface area contributed by atoms with Crippen LogP contribution in [0, 0.1) is 0 Å². The maximum absolute atomic E-state index is 12.1. The fourth-order valence-electron chi connectivity index (χ4n) is 3.36. The zero-order chi connectivity index (χ0) is 18.7. The smallest absolute Gasteiger partial charge is 0.339 e. The van der Waals surface area contributed by atoms with Gasteiger partial charge < -0.3 is 9.15 Å². The third-order valence-corrected chi connectivity index (χ3v) is 5.08. The van der Waals surface area contributed by atoms with E-state index in [1.165, 1.54) is 11.1 Å². The van der Waals surface area contributed by atoms with E-state index in [9.17, 15) is 4.79 Å². The highest BCUT2D eigenvalue weighted by Crippen LogP contribution is 2.34. The first-order valence-electron chi connectivity index (χ1n) is 9.15. The van der Waals surface area contributed by atoms with Gasteiger partial charge in [0.2, 0.25) is 0 Å². The molecule has 1 aromatic heterocycles. The fourth-order valence-corrected chi connectivity index (χ4v) is 3.58. The normalized spacial score (nSPS) is 13.8. The highest BCUT2D eigenvalue weighted by molar-refractivity contribution is 6.32. The lowest BCUT2D eigenvalue weighted by Gasteiger charge is -2.10. The van der Waals surface area contributed by atoms with Crippen LogP contribution in [0.25, 0.3) is 11.0 Å². The number of hydrogen-bond donors (Lipinski definition) is 0. The van der Waals surface area contributed by atoms with E-state index in [0.29, 0.717) is 23.0 Å². The van der Waals surface area contributed by atoms with E-state index in [2.05, 4.69) is 32.9 Å². The van der Waals surface area contributed by atoms with Crippen LogP contribution in [0.4, 0.5) is 0 Å². The number of allylic oxidation sites excluding steroid dienone is 3. The molecule has 1 aliphatic rings. The topological polar surface area (TPSA) is 39.4 Å². The second-order valence-corrected chi connectivity index (χ2v) is 7.57. The number of hydrogen-bond acceptors (Lipinski definition) is 3. The first kappa shape index (κ1) is 18.8. The Kier molecular flexibility index (Phi) is 5.87. The number of fused-ring (bicyclic) bond motifs is 3. The predicted octanol–water partition coefficient (Wildman–Crippen LogP) is 6.01. The van der Waals surface area contributed by atoms with Crippen LogP contribution in [0.2, 0.25) is 5.02 Å². The zero-order valence-electron chi connectivity index (χ0n) is 15.7. The van der Waals surface area contributed by atoms with E-state index >= 15 is 0 Å². The molecule has 0 spiro atoms. The summed E-state index contributed by atoms with van der Waals surface area (Å²) in [6, 6.07) is 3.61. The van der Waals surface area contributed by atoms with Crippen molar-refractivity contribution < 1.29 is 9.15 Å². The highest BCUT2D eigenvalue weighted by Gasteiger charge is 2.20. The summed E-state index contributed by atoms with van der Waals surface area (Å²) in [6.07, 6.45) is 9.05. The molecule has 0 aliphatic heterocycles. The number of halogens is 1. The van der Waals surface area contributed by atoms with Crippen molar-refractivity contribution in [1.29, 1.82) is 0 Å². The molecule has 26 heavy (non-hydrogen) atoms. The molecule has 2 aromatic rings. The SMILES string of the molecule is CC(C)=CCC/C(C)=C\COc1cc2oc(=O)c3c(c2cc1Cl)CCC3. The fraction of sp³-hybridized carbons (Fsp3) is 0.409. The Morgan fingerprint density at radius 2 is 1.96 bits per heavy atom. The molecule has 0 amide bonds. The third kappa shape index (κ3) is 4.21. The van der Waals surface area contributed by atoms with Gasteiger partial charge in [-0.15, -0.1) is 0 Å². The second-order valence-electron chi connectivity index (χ2n) is 7.16. The summed E-state index contributed by atoms with van der Waals surface area (Å²) in [5.41, 5.74) is 4.83. The molecule has 0 fully saturated rings. The minimum absolute atomic E-state index is 0.228. The molecule has 0 bridgehead atoms. The molecule has 0 saturated carbocycles. The van der Waals surface area contributed by atoms with Crippen molar-refractivity contribution in [3.05, 3.63) is 62.0 Å². The lowest BCUT2D eigenvalue weighted by Crippen LogP contribution is -2.07. The summed E-state index contributed by atoms with van der Waals surface area (Å²) in [6.45, 7) is 6.77. The monoisotopic (exact) mass is 372 g/mol. The van der Waals surface area contributed by atoms with Gasteiger partial charge >= 0.3 is 5.63 Å². The Morgan fingerprint density at radius 3 is 2.73 bits per heavy atom. The number of aryl methyl sites for hydroxylation is 1. The van der Waals surface area contributed by atoms with E-state index in [0.717, 1.165) is 48.6 Å². The molecule has 3 rings (SSSR count). The summed E-state index contributed by atoms with van der Waals surface area (Å²) in [7, 11) is 0. The van der Waals surface area contributed by atoms with Crippen molar-refractivity contribution >= 4 is 22.6 Å². The molecular formula is C22H25ClO3. The summed E-state index contributed by atoms with van der Waals surface area (Å²) >= 11 is 6.41. The quantitative estimate of drug-likeness (QED) is 0.460. The molecule has 1 aliphatic carbocycles. The van der Waals surface area contributed by atoms with E-state index in [-0.39, 0.29) is 5.63 Å². The van der Waals surface area contributed by atoms with Gasteiger partial charge in [-0.1, -0.05) is 28.8 Å². The van der Waals surface area contributed by atoms with Gasteiger partial charge in [-0.25, -0.2) is 4.79 Å². The van der Waals surface area contributed by atoms with Gasteiger partial charge in [-0.05, 0) is 70.6 Å². The maximum Gasteiger partial charge on any atom is 0.339 e. The molecule has 0 saturated heterocycles. The van der Waals surface area contributed by atoms with Crippen LogP contribution in [-0.4, -0.2) is 6.61 Å². The van der Waals surface area contributed by atoms with Gasteiger partial charge in [0.1, 0.15) is 17.9 Å². The second kappa shape index (κ2) is 8.13. The Hall–Kier alpha value is -2.00. The van der Waals surface area contributed by atoms with Crippen molar-refractivity contribution in [3.8, 4) is 5.75 Å². The van der Waals surface area contributed by atoms with Gasteiger partial charge in [0.15, 0.2) is 0 Å². The molecule has 3 nitrogen and oxygen atoms in total. The Morgan fingerprint density at radius 1 is 1.19 bits per heavy atom. The third-order valence-electron chi connectivity index (χ3n) is 4.79. The molecule has 1 heterocycles. The van der Waals surface area contributed by atoms with Crippen LogP contribution in [-0.2, 0) is 12.8 Å². The Labute approximate surface area is 159 Å². The van der Waals surface area contributed by atoms with E-state index in [1.807, 2.05) is 6.07 Å². The van der Waals surface area contributed by atoms with Gasteiger partial charge in [0, 0.05) is 17.0 Å². The standard InChI is InChI=1S/C22H25ClO3/c1-14(2)6-4-7-15(3)10-11-25-21-13-20-18(12-19(21)23)16-8-5-9-17(16)22(24)26-20/h6,10,12-13H,4-5,7-9,11H2,1-3H3/b15-10-. The van der Waals surface area contributed by atoms with Crippen LogP contribution < -0.4 is 10.4 Å². The van der Waals surface area contributed by atoms with Gasteiger partial charge in [0.25, 0.3) is 0 Å². The molecule has 4 heteroatoms. The maximum atomic E-state index is 12.1. The van der Waals surface area contributed by atoms with Gasteiger partial charge in [0.05, 0.1) is 5.02 Å². The molecule has 0 radical (unpaired) electrons. The first-order valence-corrected chi connectivity index (χ1v) is 9.53. The van der Waals surface area contributed by atoms with Crippen molar-refractivity contribution in [3.63, 3.8) is 0 Å². The lowest BCUT2D eigenvalue weighted by atomic mass is 10.1. The van der Waals surface area contributed by atoms with E-state index in [4.69, 9.17) is 20.8 Å². The number of benzene rings is 1. The predicted molar refractivity (Wildman–Crippen MR) is 107 cm³/mol. The number of rotatable bonds is 6. The van der Waals surface area contributed by atoms with Crippen molar-refractivity contribution in [1.82, 2.24) is 0 Å². The molecule has 0 atom stereocenters. The van der Waals surface area contributed by atoms with Crippen LogP contribution in [0.3, 0.4) is 0 Å². The molecule has 1 aromatic carbocycles. The molecule has 138 valence electrons. The molecule has 0 N–H and O–H groups in total. The van der Waals surface area contributed by atoms with Gasteiger partial charge in [-0.3, -0.25) is 0 Å². The van der Waals surface area contributed by atoms with Crippen LogP contribution >= 0.6 is 11.6 Å². The summed E-state index contributed by atoms with van der Waals surface area (Å²) < 4.78 is 11.3. The van der Waals surface area contributed by atoms with Crippen LogP contribution in [0.5, 0.6) is 5.75 Å². The first-order chi connectivity index (χ1) is 12.5. The largest absolute Gasteiger partial charge is 0.488 e. The average Bonchev–Trinajstić information content (AvgIpc) is 3.06. The van der Waals surface area contributed by atoms with Crippen molar-refractivity contribution in [2.45, 2.75) is 52.9 Å². The Bertz CT molecular complexity index is 931. The molecule has 0 unspecified atom stereocenters.